The second-order valence-electron chi connectivity index (χ2n) is 4.69. The number of carbonyl (C=O) groups excluding carboxylic acids is 1. The second kappa shape index (κ2) is 7.14. The lowest BCUT2D eigenvalue weighted by Crippen LogP contribution is -2.40. The first-order valence-electron chi connectivity index (χ1n) is 6.28. The van der Waals surface area contributed by atoms with Crippen molar-refractivity contribution < 1.29 is 14.7 Å². The minimum absolute atomic E-state index is 0.0678. The van der Waals surface area contributed by atoms with Crippen LogP contribution in [0.3, 0.4) is 0 Å². The highest BCUT2D eigenvalue weighted by Crippen LogP contribution is 2.22. The molecule has 0 radical (unpaired) electrons. The number of carbonyl (C=O) groups is 2. The topological polar surface area (TPSA) is 60.9 Å². The Morgan fingerprint density at radius 3 is 2.55 bits per heavy atom. The van der Waals surface area contributed by atoms with Gasteiger partial charge in [0.25, 0.3) is 0 Å². The Kier molecular flexibility index (Phi) is 5.82. The lowest BCUT2D eigenvalue weighted by molar-refractivity contribution is -0.137. The maximum atomic E-state index is 12.2. The number of nitrogens with zero attached hydrogens (tertiary/aromatic N) is 2. The van der Waals surface area contributed by atoms with Crippen LogP contribution in [-0.2, 0) is 4.79 Å². The average molecular weight is 299 g/mol. The van der Waals surface area contributed by atoms with Crippen molar-refractivity contribution >= 4 is 23.6 Å². The first-order valence-corrected chi connectivity index (χ1v) is 6.66. The third-order valence-corrected chi connectivity index (χ3v) is 3.44. The van der Waals surface area contributed by atoms with Gasteiger partial charge in [0.2, 0.25) is 0 Å². The number of benzene rings is 1. The van der Waals surface area contributed by atoms with Crippen molar-refractivity contribution in [3.63, 3.8) is 0 Å². The minimum Gasteiger partial charge on any atom is -0.481 e. The summed E-state index contributed by atoms with van der Waals surface area (Å²) in [5.41, 5.74) is 0.931. The molecule has 0 saturated heterocycles. The number of carboxylic acid groups (broad SMARTS) is 1. The van der Waals surface area contributed by atoms with Crippen LogP contribution in [0.25, 0.3) is 0 Å². The Hall–Kier alpha value is -1.75. The summed E-state index contributed by atoms with van der Waals surface area (Å²) in [5.74, 6) is -0.921. The first-order chi connectivity index (χ1) is 9.32. The summed E-state index contributed by atoms with van der Waals surface area (Å²) in [6.45, 7) is 2.08. The Morgan fingerprint density at radius 2 is 2.00 bits per heavy atom. The minimum atomic E-state index is -0.921. The summed E-state index contributed by atoms with van der Waals surface area (Å²) in [6.07, 6.45) is -0.0678. The molecule has 0 heterocycles. The zero-order chi connectivity index (χ0) is 15.3. The predicted octanol–water partition coefficient (Wildman–Crippen LogP) is 2.86. The van der Waals surface area contributed by atoms with Crippen molar-refractivity contribution in [2.24, 2.45) is 0 Å². The molecule has 5 nitrogen and oxygen atoms in total. The van der Waals surface area contributed by atoms with Crippen molar-refractivity contribution in [1.82, 2.24) is 9.80 Å². The van der Waals surface area contributed by atoms with Crippen molar-refractivity contribution in [2.75, 3.05) is 20.6 Å². The highest BCUT2D eigenvalue weighted by Gasteiger charge is 2.21. The molecule has 0 aromatic heterocycles. The molecule has 0 fully saturated rings. The van der Waals surface area contributed by atoms with E-state index in [1.54, 1.807) is 25.1 Å². The maximum absolute atomic E-state index is 12.2. The van der Waals surface area contributed by atoms with Gasteiger partial charge in [0.1, 0.15) is 0 Å². The summed E-state index contributed by atoms with van der Waals surface area (Å²) >= 11 is 5.94. The molecule has 0 aliphatic heterocycles. The molecule has 6 heteroatoms. The highest BCUT2D eigenvalue weighted by molar-refractivity contribution is 6.30. The standard InChI is InChI=1S/C14H19ClN2O3/c1-10(11-5-4-6-12(15)9-11)17(3)14(20)16(2)8-7-13(18)19/h4-6,9-10H,7-8H2,1-3H3,(H,18,19). The Balaban J connectivity index is 2.70. The fourth-order valence-corrected chi connectivity index (χ4v) is 1.98. The van der Waals surface area contributed by atoms with E-state index < -0.39 is 5.97 Å². The van der Waals surface area contributed by atoms with E-state index in [0.29, 0.717) is 5.02 Å². The van der Waals surface area contributed by atoms with Crippen LogP contribution < -0.4 is 0 Å². The molecule has 2 amide bonds. The van der Waals surface area contributed by atoms with E-state index in [9.17, 15) is 9.59 Å². The fraction of sp³-hybridized carbons (Fsp3) is 0.429. The highest BCUT2D eigenvalue weighted by atomic mass is 35.5. The summed E-state index contributed by atoms with van der Waals surface area (Å²) < 4.78 is 0. The summed E-state index contributed by atoms with van der Waals surface area (Å²) in [5, 5.41) is 9.25. The number of amides is 2. The van der Waals surface area contributed by atoms with Crippen molar-refractivity contribution in [2.45, 2.75) is 19.4 Å². The molecule has 0 aliphatic carbocycles. The van der Waals surface area contributed by atoms with E-state index in [0.717, 1.165) is 5.56 Å². The van der Waals surface area contributed by atoms with Crippen molar-refractivity contribution in [3.05, 3.63) is 34.9 Å². The smallest absolute Gasteiger partial charge is 0.320 e. The fourth-order valence-electron chi connectivity index (χ4n) is 1.78. The number of urea groups is 1. The molecule has 0 spiro atoms. The maximum Gasteiger partial charge on any atom is 0.320 e. The summed E-state index contributed by atoms with van der Waals surface area (Å²) in [7, 11) is 3.28. The van der Waals surface area contributed by atoms with Gasteiger partial charge in [-0.1, -0.05) is 23.7 Å². The normalized spacial score (nSPS) is 11.8. The van der Waals surface area contributed by atoms with Crippen LogP contribution in [0.4, 0.5) is 4.79 Å². The zero-order valence-corrected chi connectivity index (χ0v) is 12.6. The van der Waals surface area contributed by atoms with Gasteiger partial charge in [0.15, 0.2) is 0 Å². The number of aliphatic carboxylic acids is 1. The molecule has 1 rings (SSSR count). The van der Waals surface area contributed by atoms with Gasteiger partial charge in [-0.2, -0.15) is 0 Å². The molecule has 20 heavy (non-hydrogen) atoms. The molecule has 0 bridgehead atoms. The number of halogens is 1. The van der Waals surface area contributed by atoms with Crippen LogP contribution in [0.2, 0.25) is 5.02 Å². The third-order valence-electron chi connectivity index (χ3n) is 3.20. The predicted molar refractivity (Wildman–Crippen MR) is 77.9 cm³/mol. The number of rotatable bonds is 5. The summed E-state index contributed by atoms with van der Waals surface area (Å²) in [6, 6.07) is 6.96. The number of hydrogen-bond acceptors (Lipinski definition) is 2. The molecule has 1 atom stereocenters. The third kappa shape index (κ3) is 4.42. The van der Waals surface area contributed by atoms with E-state index in [1.807, 2.05) is 25.1 Å². The Labute approximate surface area is 123 Å². The van der Waals surface area contributed by atoms with Crippen LogP contribution in [-0.4, -0.2) is 47.5 Å². The van der Waals surface area contributed by atoms with Gasteiger partial charge >= 0.3 is 12.0 Å². The monoisotopic (exact) mass is 298 g/mol. The van der Waals surface area contributed by atoms with E-state index >= 15 is 0 Å². The first kappa shape index (κ1) is 16.3. The van der Waals surface area contributed by atoms with E-state index in [1.165, 1.54) is 4.90 Å². The van der Waals surface area contributed by atoms with Crippen LogP contribution in [0.5, 0.6) is 0 Å². The van der Waals surface area contributed by atoms with Crippen LogP contribution in [0.1, 0.15) is 24.9 Å². The van der Waals surface area contributed by atoms with Gasteiger partial charge in [-0.05, 0) is 24.6 Å². The SMILES string of the molecule is CC(c1cccc(Cl)c1)N(C)C(=O)N(C)CCC(=O)O. The summed E-state index contributed by atoms with van der Waals surface area (Å²) in [4.78, 5) is 25.7. The lowest BCUT2D eigenvalue weighted by Gasteiger charge is -2.30. The number of hydrogen-bond donors (Lipinski definition) is 1. The van der Waals surface area contributed by atoms with Gasteiger partial charge in [0, 0.05) is 25.7 Å². The van der Waals surface area contributed by atoms with Crippen molar-refractivity contribution in [3.8, 4) is 0 Å². The van der Waals surface area contributed by atoms with Crippen LogP contribution in [0.15, 0.2) is 24.3 Å². The van der Waals surface area contributed by atoms with Gasteiger partial charge in [-0.3, -0.25) is 4.79 Å². The Morgan fingerprint density at radius 1 is 1.35 bits per heavy atom. The van der Waals surface area contributed by atoms with E-state index in [4.69, 9.17) is 16.7 Å². The molecule has 1 aromatic rings. The van der Waals surface area contributed by atoms with Gasteiger partial charge in [0.05, 0.1) is 12.5 Å². The van der Waals surface area contributed by atoms with Crippen molar-refractivity contribution in [1.29, 1.82) is 0 Å². The quantitative estimate of drug-likeness (QED) is 0.909. The number of carboxylic acids is 1. The van der Waals surface area contributed by atoms with Gasteiger partial charge < -0.3 is 14.9 Å². The zero-order valence-electron chi connectivity index (χ0n) is 11.8. The molecule has 0 aliphatic rings. The van der Waals surface area contributed by atoms with Crippen LogP contribution >= 0.6 is 11.6 Å². The van der Waals surface area contributed by atoms with Gasteiger partial charge in [-0.25, -0.2) is 4.79 Å². The molecule has 1 aromatic carbocycles. The largest absolute Gasteiger partial charge is 0.481 e. The van der Waals surface area contributed by atoms with Crippen LogP contribution in [0, 0.1) is 0 Å². The molecule has 0 saturated carbocycles. The Bertz CT molecular complexity index is 493. The van der Waals surface area contributed by atoms with E-state index in [-0.39, 0.29) is 25.0 Å². The van der Waals surface area contributed by atoms with E-state index in [2.05, 4.69) is 0 Å². The molecule has 1 N–H and O–H groups in total. The molecular formula is C14H19ClN2O3. The van der Waals surface area contributed by atoms with Gasteiger partial charge in [-0.15, -0.1) is 0 Å². The second-order valence-corrected chi connectivity index (χ2v) is 5.13. The molecule has 110 valence electrons. The molecule has 1 unspecified atom stereocenters. The average Bonchev–Trinajstić information content (AvgIpc) is 2.42. The lowest BCUT2D eigenvalue weighted by atomic mass is 10.1. The molecular weight excluding hydrogens is 280 g/mol.